The minimum atomic E-state index is 0.290. The second kappa shape index (κ2) is 5.17. The summed E-state index contributed by atoms with van der Waals surface area (Å²) in [6.45, 7) is 13.3. The summed E-state index contributed by atoms with van der Waals surface area (Å²) in [5.41, 5.74) is 6.19. The number of nitrogens with two attached hydrogens (primary N) is 1. The fourth-order valence-electron chi connectivity index (χ4n) is 2.03. The Morgan fingerprint density at radius 1 is 1.25 bits per heavy atom. The first kappa shape index (κ1) is 13.5. The molecular formula is C13H27N3. The highest BCUT2D eigenvalue weighted by atomic mass is 15.2. The number of piperidine rings is 1. The predicted molar refractivity (Wildman–Crippen MR) is 70.8 cm³/mol. The lowest BCUT2D eigenvalue weighted by atomic mass is 9.98. The Balaban J connectivity index is 2.47. The third-order valence-electron chi connectivity index (χ3n) is 3.34. The largest absolute Gasteiger partial charge is 0.387 e. The number of rotatable bonds is 2. The molecule has 0 aromatic rings. The van der Waals surface area contributed by atoms with E-state index < -0.39 is 0 Å². The number of hydrogen-bond donors (Lipinski definition) is 1. The van der Waals surface area contributed by atoms with Crippen LogP contribution in [0.5, 0.6) is 0 Å². The summed E-state index contributed by atoms with van der Waals surface area (Å²) >= 11 is 0. The van der Waals surface area contributed by atoms with Crippen LogP contribution in [0, 0.1) is 5.92 Å². The molecule has 16 heavy (non-hydrogen) atoms. The molecule has 0 bridgehead atoms. The molecule has 2 N–H and O–H groups in total. The second-order valence-electron chi connectivity index (χ2n) is 6.10. The van der Waals surface area contributed by atoms with Crippen molar-refractivity contribution in [3.63, 3.8) is 0 Å². The lowest BCUT2D eigenvalue weighted by Crippen LogP contribution is -2.47. The average Bonchev–Trinajstić information content (AvgIpc) is 2.17. The molecule has 0 aromatic heterocycles. The van der Waals surface area contributed by atoms with E-state index in [2.05, 4.69) is 44.5 Å². The third-order valence-corrected chi connectivity index (χ3v) is 3.34. The van der Waals surface area contributed by atoms with Gasteiger partial charge in [0, 0.05) is 24.5 Å². The Kier molecular flexibility index (Phi) is 4.36. The van der Waals surface area contributed by atoms with E-state index in [9.17, 15) is 0 Å². The Morgan fingerprint density at radius 3 is 2.12 bits per heavy atom. The number of aliphatic imine (C=N–C) groups is 1. The van der Waals surface area contributed by atoms with E-state index in [1.165, 1.54) is 0 Å². The molecule has 1 rings (SSSR count). The molecule has 3 nitrogen and oxygen atoms in total. The molecule has 0 saturated carbocycles. The van der Waals surface area contributed by atoms with Crippen LogP contribution in [0.25, 0.3) is 0 Å². The maximum atomic E-state index is 5.90. The second-order valence-corrected chi connectivity index (χ2v) is 6.10. The summed E-state index contributed by atoms with van der Waals surface area (Å²) in [5, 5.41) is 0. The van der Waals surface area contributed by atoms with Crippen molar-refractivity contribution in [3.8, 4) is 0 Å². The maximum Gasteiger partial charge on any atom is 0.0966 e. The Bertz CT molecular complexity index is 242. The van der Waals surface area contributed by atoms with Gasteiger partial charge in [-0.1, -0.05) is 13.8 Å². The molecule has 1 fully saturated rings. The van der Waals surface area contributed by atoms with Crippen molar-refractivity contribution in [3.05, 3.63) is 0 Å². The monoisotopic (exact) mass is 225 g/mol. The van der Waals surface area contributed by atoms with E-state index in [4.69, 9.17) is 5.73 Å². The number of amidine groups is 1. The van der Waals surface area contributed by atoms with Gasteiger partial charge in [0.2, 0.25) is 0 Å². The predicted octanol–water partition coefficient (Wildman–Crippen LogP) is 2.26. The molecule has 94 valence electrons. The highest BCUT2D eigenvalue weighted by Gasteiger charge is 2.26. The number of nitrogens with zero attached hydrogens (tertiary/aromatic N) is 2. The Labute approximate surface area is 100 Å². The van der Waals surface area contributed by atoms with Gasteiger partial charge in [-0.25, -0.2) is 0 Å². The number of hydrogen-bond acceptors (Lipinski definition) is 2. The van der Waals surface area contributed by atoms with Gasteiger partial charge in [0.1, 0.15) is 0 Å². The van der Waals surface area contributed by atoms with Crippen LogP contribution < -0.4 is 5.73 Å². The minimum Gasteiger partial charge on any atom is -0.387 e. The minimum absolute atomic E-state index is 0.290. The van der Waals surface area contributed by atoms with Crippen LogP contribution in [0.1, 0.15) is 47.5 Å². The van der Waals surface area contributed by atoms with Gasteiger partial charge in [-0.2, -0.15) is 0 Å². The highest BCUT2D eigenvalue weighted by molar-refractivity contribution is 5.82. The molecule has 0 amide bonds. The molecular weight excluding hydrogens is 198 g/mol. The molecule has 0 aliphatic carbocycles. The fraction of sp³-hybridized carbons (Fsp3) is 0.923. The van der Waals surface area contributed by atoms with Gasteiger partial charge < -0.3 is 5.73 Å². The van der Waals surface area contributed by atoms with Crippen molar-refractivity contribution < 1.29 is 0 Å². The van der Waals surface area contributed by atoms with Crippen LogP contribution in [0.3, 0.4) is 0 Å². The van der Waals surface area contributed by atoms with Crippen LogP contribution in [0.2, 0.25) is 0 Å². The maximum absolute atomic E-state index is 5.90. The normalized spacial score (nSPS) is 21.8. The SMILES string of the molecule is CC(C)C(N)=NC1CCN(C(C)(C)C)CC1. The van der Waals surface area contributed by atoms with Crippen molar-refractivity contribution in [1.82, 2.24) is 4.90 Å². The summed E-state index contributed by atoms with van der Waals surface area (Å²) in [5.74, 6) is 1.19. The van der Waals surface area contributed by atoms with Crippen molar-refractivity contribution in [2.24, 2.45) is 16.6 Å². The summed E-state index contributed by atoms with van der Waals surface area (Å²) < 4.78 is 0. The molecule has 0 radical (unpaired) electrons. The summed E-state index contributed by atoms with van der Waals surface area (Å²) in [6.07, 6.45) is 2.29. The van der Waals surface area contributed by atoms with E-state index in [1.807, 2.05) is 0 Å². The quantitative estimate of drug-likeness (QED) is 0.578. The first-order valence-electron chi connectivity index (χ1n) is 6.39. The lowest BCUT2D eigenvalue weighted by molar-refractivity contribution is 0.103. The fourth-order valence-corrected chi connectivity index (χ4v) is 2.03. The smallest absolute Gasteiger partial charge is 0.0966 e. The van der Waals surface area contributed by atoms with Gasteiger partial charge in [0.25, 0.3) is 0 Å². The first-order chi connectivity index (χ1) is 7.30. The molecule has 0 atom stereocenters. The van der Waals surface area contributed by atoms with Gasteiger partial charge in [0.15, 0.2) is 0 Å². The van der Waals surface area contributed by atoms with Gasteiger partial charge in [-0.3, -0.25) is 9.89 Å². The zero-order valence-corrected chi connectivity index (χ0v) is 11.5. The topological polar surface area (TPSA) is 41.6 Å². The van der Waals surface area contributed by atoms with Crippen molar-refractivity contribution in [1.29, 1.82) is 0 Å². The number of likely N-dealkylation sites (tertiary alicyclic amines) is 1. The van der Waals surface area contributed by atoms with Gasteiger partial charge >= 0.3 is 0 Å². The standard InChI is InChI=1S/C13H27N3/c1-10(2)12(14)15-11-6-8-16(9-7-11)13(3,4)5/h10-11H,6-9H2,1-5H3,(H2,14,15). The Morgan fingerprint density at radius 2 is 1.75 bits per heavy atom. The summed E-state index contributed by atoms with van der Waals surface area (Å²) in [7, 11) is 0. The van der Waals surface area contributed by atoms with Crippen LogP contribution in [0.15, 0.2) is 4.99 Å². The van der Waals surface area contributed by atoms with E-state index in [0.717, 1.165) is 31.8 Å². The molecule has 0 unspecified atom stereocenters. The van der Waals surface area contributed by atoms with Gasteiger partial charge in [0.05, 0.1) is 11.9 Å². The average molecular weight is 225 g/mol. The van der Waals surface area contributed by atoms with Crippen LogP contribution >= 0.6 is 0 Å². The molecule has 3 heteroatoms. The lowest BCUT2D eigenvalue weighted by Gasteiger charge is -2.40. The zero-order chi connectivity index (χ0) is 12.3. The van der Waals surface area contributed by atoms with E-state index in [1.54, 1.807) is 0 Å². The van der Waals surface area contributed by atoms with E-state index in [0.29, 0.717) is 12.0 Å². The zero-order valence-electron chi connectivity index (χ0n) is 11.5. The first-order valence-corrected chi connectivity index (χ1v) is 6.39. The molecule has 1 aliphatic rings. The molecule has 0 spiro atoms. The molecule has 1 saturated heterocycles. The summed E-state index contributed by atoms with van der Waals surface area (Å²) in [6, 6.07) is 0.445. The van der Waals surface area contributed by atoms with Crippen molar-refractivity contribution in [2.45, 2.75) is 59.0 Å². The van der Waals surface area contributed by atoms with Gasteiger partial charge in [-0.05, 0) is 33.6 Å². The van der Waals surface area contributed by atoms with Crippen LogP contribution in [0.4, 0.5) is 0 Å². The third kappa shape index (κ3) is 3.78. The molecule has 1 heterocycles. The Hall–Kier alpha value is -0.570. The summed E-state index contributed by atoms with van der Waals surface area (Å²) in [4.78, 5) is 7.15. The van der Waals surface area contributed by atoms with Crippen molar-refractivity contribution >= 4 is 5.84 Å². The van der Waals surface area contributed by atoms with Gasteiger partial charge in [-0.15, -0.1) is 0 Å². The van der Waals surface area contributed by atoms with Crippen LogP contribution in [-0.4, -0.2) is 35.4 Å². The van der Waals surface area contributed by atoms with Crippen molar-refractivity contribution in [2.75, 3.05) is 13.1 Å². The van der Waals surface area contributed by atoms with Crippen LogP contribution in [-0.2, 0) is 0 Å². The molecule has 0 aromatic carbocycles. The highest BCUT2D eigenvalue weighted by Crippen LogP contribution is 2.21. The van der Waals surface area contributed by atoms with E-state index in [-0.39, 0.29) is 5.54 Å². The van der Waals surface area contributed by atoms with E-state index >= 15 is 0 Å². The molecule has 1 aliphatic heterocycles.